The molecule has 1 aromatic heterocycles. The first-order chi connectivity index (χ1) is 11.1. The fourth-order valence-corrected chi connectivity index (χ4v) is 2.75. The average Bonchev–Trinajstić information content (AvgIpc) is 2.93. The predicted octanol–water partition coefficient (Wildman–Crippen LogP) is 0.940. The van der Waals surface area contributed by atoms with Gasteiger partial charge in [-0.1, -0.05) is 30.3 Å². The van der Waals surface area contributed by atoms with Gasteiger partial charge in [-0.3, -0.25) is 4.79 Å². The molecule has 2 N–H and O–H groups in total. The average molecular weight is 312 g/mol. The molecule has 1 aliphatic heterocycles. The first kappa shape index (κ1) is 15.6. The molecule has 1 amide bonds. The number of likely N-dealkylation sites (tertiary alicyclic amines) is 1. The lowest BCUT2D eigenvalue weighted by Crippen LogP contribution is -2.44. The zero-order chi connectivity index (χ0) is 16.3. The van der Waals surface area contributed by atoms with E-state index in [0.717, 1.165) is 12.1 Å². The van der Waals surface area contributed by atoms with Gasteiger partial charge in [0, 0.05) is 31.4 Å². The number of aliphatic hydroxyl groups is 1. The number of β-amino-alcohol motifs (C(OH)–C–C–N with tert-alkyl or cyclic N) is 1. The minimum Gasteiger partial charge on any atom is -0.387 e. The Morgan fingerprint density at radius 1 is 1.35 bits per heavy atom. The van der Waals surface area contributed by atoms with Gasteiger partial charge in [0.1, 0.15) is 5.69 Å². The molecule has 0 radical (unpaired) electrons. The van der Waals surface area contributed by atoms with Crippen LogP contribution in [0.3, 0.4) is 0 Å². The summed E-state index contributed by atoms with van der Waals surface area (Å²) in [6, 6.07) is 11.1. The maximum absolute atomic E-state index is 12.3. The summed E-state index contributed by atoms with van der Waals surface area (Å²) in [5, 5.41) is 13.2. The Balaban J connectivity index is 1.68. The molecule has 23 heavy (non-hydrogen) atoms. The molecule has 6 heteroatoms. The zero-order valence-corrected chi connectivity index (χ0v) is 13.1. The van der Waals surface area contributed by atoms with E-state index in [2.05, 4.69) is 15.3 Å². The Kier molecular flexibility index (Phi) is 4.36. The van der Waals surface area contributed by atoms with E-state index < -0.39 is 5.60 Å². The highest BCUT2D eigenvalue weighted by Gasteiger charge is 2.34. The highest BCUT2D eigenvalue weighted by atomic mass is 16.3. The van der Waals surface area contributed by atoms with Crippen LogP contribution in [0.25, 0.3) is 11.4 Å². The molecule has 1 aliphatic rings. The fourth-order valence-electron chi connectivity index (χ4n) is 2.75. The van der Waals surface area contributed by atoms with Crippen molar-refractivity contribution in [1.29, 1.82) is 0 Å². The highest BCUT2D eigenvalue weighted by Crippen LogP contribution is 2.19. The van der Waals surface area contributed by atoms with E-state index in [4.69, 9.17) is 0 Å². The second-order valence-electron chi connectivity index (χ2n) is 6.03. The first-order valence-electron chi connectivity index (χ1n) is 7.63. The van der Waals surface area contributed by atoms with Gasteiger partial charge in [-0.15, -0.1) is 0 Å². The maximum atomic E-state index is 12.3. The number of benzene rings is 1. The number of carbonyl (C=O) groups is 1. The standard InChI is InChI=1S/C17H20N4O2/c1-21-10-8-17(23,12-21)11-19-16(22)14-7-9-18-15(20-14)13-5-3-2-4-6-13/h2-7,9,23H,8,10-12H2,1H3,(H,19,22). The van der Waals surface area contributed by atoms with Gasteiger partial charge >= 0.3 is 0 Å². The molecule has 0 spiro atoms. The molecule has 3 rings (SSSR count). The molecule has 6 nitrogen and oxygen atoms in total. The van der Waals surface area contributed by atoms with Crippen molar-refractivity contribution in [3.05, 3.63) is 48.3 Å². The van der Waals surface area contributed by atoms with Gasteiger partial charge < -0.3 is 15.3 Å². The summed E-state index contributed by atoms with van der Waals surface area (Å²) in [5.41, 5.74) is 0.298. The van der Waals surface area contributed by atoms with E-state index in [1.807, 2.05) is 42.3 Å². The summed E-state index contributed by atoms with van der Waals surface area (Å²) < 4.78 is 0. The summed E-state index contributed by atoms with van der Waals surface area (Å²) in [4.78, 5) is 22.8. The van der Waals surface area contributed by atoms with Crippen LogP contribution in [-0.4, -0.2) is 58.2 Å². The number of aromatic nitrogens is 2. The Morgan fingerprint density at radius 3 is 2.83 bits per heavy atom. The van der Waals surface area contributed by atoms with Gasteiger partial charge in [0.05, 0.1) is 5.60 Å². The van der Waals surface area contributed by atoms with Crippen LogP contribution in [0.1, 0.15) is 16.9 Å². The van der Waals surface area contributed by atoms with Crippen LogP contribution < -0.4 is 5.32 Å². The lowest BCUT2D eigenvalue weighted by molar-refractivity contribution is 0.0484. The van der Waals surface area contributed by atoms with E-state index in [1.54, 1.807) is 12.3 Å². The van der Waals surface area contributed by atoms with Crippen LogP contribution >= 0.6 is 0 Å². The van der Waals surface area contributed by atoms with Crippen molar-refractivity contribution in [2.75, 3.05) is 26.7 Å². The summed E-state index contributed by atoms with van der Waals surface area (Å²) >= 11 is 0. The molecular formula is C17H20N4O2. The Bertz CT molecular complexity index is 692. The van der Waals surface area contributed by atoms with Crippen LogP contribution in [0.4, 0.5) is 0 Å². The summed E-state index contributed by atoms with van der Waals surface area (Å²) in [6.07, 6.45) is 2.23. The van der Waals surface area contributed by atoms with E-state index >= 15 is 0 Å². The molecule has 1 unspecified atom stereocenters. The van der Waals surface area contributed by atoms with Crippen molar-refractivity contribution >= 4 is 5.91 Å². The lowest BCUT2D eigenvalue weighted by Gasteiger charge is -2.22. The predicted molar refractivity (Wildman–Crippen MR) is 86.9 cm³/mol. The normalized spacial score (nSPS) is 21.3. The van der Waals surface area contributed by atoms with Crippen molar-refractivity contribution < 1.29 is 9.90 Å². The van der Waals surface area contributed by atoms with Crippen molar-refractivity contribution in [2.24, 2.45) is 0 Å². The maximum Gasteiger partial charge on any atom is 0.270 e. The monoisotopic (exact) mass is 312 g/mol. The third-order valence-electron chi connectivity index (χ3n) is 4.02. The summed E-state index contributed by atoms with van der Waals surface area (Å²) in [6.45, 7) is 1.62. The number of likely N-dealkylation sites (N-methyl/N-ethyl adjacent to an activating group) is 1. The minimum absolute atomic E-state index is 0.223. The number of nitrogens with zero attached hydrogens (tertiary/aromatic N) is 3. The molecule has 1 fully saturated rings. The second kappa shape index (κ2) is 6.44. The van der Waals surface area contributed by atoms with Crippen molar-refractivity contribution in [3.63, 3.8) is 0 Å². The van der Waals surface area contributed by atoms with Gasteiger partial charge in [-0.25, -0.2) is 9.97 Å². The number of amides is 1. The van der Waals surface area contributed by atoms with Crippen LogP contribution in [0.15, 0.2) is 42.6 Å². The van der Waals surface area contributed by atoms with Crippen LogP contribution in [0.2, 0.25) is 0 Å². The SMILES string of the molecule is CN1CCC(O)(CNC(=O)c2ccnc(-c3ccccc3)n2)C1. The third kappa shape index (κ3) is 3.72. The molecular weight excluding hydrogens is 292 g/mol. The smallest absolute Gasteiger partial charge is 0.270 e. The molecule has 1 saturated heterocycles. The molecule has 2 aromatic rings. The van der Waals surface area contributed by atoms with Gasteiger partial charge in [-0.05, 0) is 19.5 Å². The molecule has 120 valence electrons. The summed E-state index contributed by atoms with van der Waals surface area (Å²) in [7, 11) is 1.95. The highest BCUT2D eigenvalue weighted by molar-refractivity contribution is 5.92. The van der Waals surface area contributed by atoms with Crippen molar-refractivity contribution in [2.45, 2.75) is 12.0 Å². The third-order valence-corrected chi connectivity index (χ3v) is 4.02. The van der Waals surface area contributed by atoms with Crippen LogP contribution in [-0.2, 0) is 0 Å². The molecule has 2 heterocycles. The van der Waals surface area contributed by atoms with Crippen molar-refractivity contribution in [3.8, 4) is 11.4 Å². The molecule has 0 bridgehead atoms. The number of hydrogen-bond donors (Lipinski definition) is 2. The van der Waals surface area contributed by atoms with E-state index in [0.29, 0.717) is 24.5 Å². The zero-order valence-electron chi connectivity index (χ0n) is 13.1. The lowest BCUT2D eigenvalue weighted by atomic mass is 10.0. The van der Waals surface area contributed by atoms with Gasteiger partial charge in [-0.2, -0.15) is 0 Å². The minimum atomic E-state index is -0.861. The largest absolute Gasteiger partial charge is 0.387 e. The number of nitrogens with one attached hydrogen (secondary N) is 1. The molecule has 0 saturated carbocycles. The van der Waals surface area contributed by atoms with Crippen LogP contribution in [0.5, 0.6) is 0 Å². The number of rotatable bonds is 4. The van der Waals surface area contributed by atoms with Crippen molar-refractivity contribution in [1.82, 2.24) is 20.2 Å². The molecule has 0 aliphatic carbocycles. The van der Waals surface area contributed by atoms with Gasteiger partial charge in [0.15, 0.2) is 5.82 Å². The topological polar surface area (TPSA) is 78.4 Å². The number of hydrogen-bond acceptors (Lipinski definition) is 5. The van der Waals surface area contributed by atoms with E-state index in [-0.39, 0.29) is 12.5 Å². The molecule has 1 atom stereocenters. The second-order valence-corrected chi connectivity index (χ2v) is 6.03. The Morgan fingerprint density at radius 2 is 2.13 bits per heavy atom. The first-order valence-corrected chi connectivity index (χ1v) is 7.63. The van der Waals surface area contributed by atoms with Crippen LogP contribution in [0, 0.1) is 0 Å². The van der Waals surface area contributed by atoms with E-state index in [9.17, 15) is 9.90 Å². The number of carbonyl (C=O) groups excluding carboxylic acids is 1. The van der Waals surface area contributed by atoms with Gasteiger partial charge in [0.2, 0.25) is 0 Å². The van der Waals surface area contributed by atoms with E-state index in [1.165, 1.54) is 0 Å². The molecule has 1 aromatic carbocycles. The van der Waals surface area contributed by atoms with Gasteiger partial charge in [0.25, 0.3) is 5.91 Å². The Labute approximate surface area is 135 Å². The Hall–Kier alpha value is -2.31. The fraction of sp³-hybridized carbons (Fsp3) is 0.353. The summed E-state index contributed by atoms with van der Waals surface area (Å²) in [5.74, 6) is 0.213. The quantitative estimate of drug-likeness (QED) is 0.878.